The van der Waals surface area contributed by atoms with Crippen LogP contribution in [0.4, 0.5) is 16.2 Å². The lowest BCUT2D eigenvalue weighted by atomic mass is 10.1. The lowest BCUT2D eigenvalue weighted by Crippen LogP contribution is -2.46. The molecule has 0 radical (unpaired) electrons. The quantitative estimate of drug-likeness (QED) is 0.505. The third-order valence-electron chi connectivity index (χ3n) is 4.95. The average molecular weight is 382 g/mol. The zero-order valence-electron chi connectivity index (χ0n) is 15.8. The number of piperazine rings is 1. The van der Waals surface area contributed by atoms with Crippen molar-refractivity contribution in [1.82, 2.24) is 4.90 Å². The summed E-state index contributed by atoms with van der Waals surface area (Å²) in [5.41, 5.74) is 6.93. The maximum atomic E-state index is 12.4. The summed E-state index contributed by atoms with van der Waals surface area (Å²) < 4.78 is 0. The molecule has 0 bridgehead atoms. The number of amides is 2. The second-order valence-corrected chi connectivity index (χ2v) is 6.91. The van der Waals surface area contributed by atoms with Crippen molar-refractivity contribution in [2.24, 2.45) is 5.73 Å². The van der Waals surface area contributed by atoms with Crippen molar-refractivity contribution >= 4 is 23.2 Å². The Kier molecular flexibility index (Phi) is 6.49. The van der Waals surface area contributed by atoms with Crippen LogP contribution in [0.5, 0.6) is 5.75 Å². The first-order valence-electron chi connectivity index (χ1n) is 9.48. The van der Waals surface area contributed by atoms with Gasteiger partial charge in [0.2, 0.25) is 0 Å². The van der Waals surface area contributed by atoms with Crippen LogP contribution in [0.1, 0.15) is 23.2 Å². The van der Waals surface area contributed by atoms with Crippen molar-refractivity contribution in [1.29, 1.82) is 0 Å². The second-order valence-electron chi connectivity index (χ2n) is 6.91. The first kappa shape index (κ1) is 19.7. The van der Waals surface area contributed by atoms with E-state index in [1.54, 1.807) is 6.07 Å². The van der Waals surface area contributed by atoms with E-state index in [1.807, 2.05) is 6.07 Å². The number of carbonyl (C=O) groups is 2. The second kappa shape index (κ2) is 9.23. The Morgan fingerprint density at radius 1 is 1.04 bits per heavy atom. The predicted octanol–water partition coefficient (Wildman–Crippen LogP) is 2.67. The minimum Gasteiger partial charge on any atom is -0.506 e. The maximum absolute atomic E-state index is 12.4. The Balaban J connectivity index is 1.44. The van der Waals surface area contributed by atoms with Crippen LogP contribution >= 0.6 is 0 Å². The van der Waals surface area contributed by atoms with Crippen LogP contribution in [0.15, 0.2) is 48.5 Å². The summed E-state index contributed by atoms with van der Waals surface area (Å²) >= 11 is 0. The molecule has 0 atom stereocenters. The first-order valence-corrected chi connectivity index (χ1v) is 9.48. The predicted molar refractivity (Wildman–Crippen MR) is 110 cm³/mol. The monoisotopic (exact) mass is 382 g/mol. The van der Waals surface area contributed by atoms with Crippen LogP contribution in [0.3, 0.4) is 0 Å². The van der Waals surface area contributed by atoms with Crippen LogP contribution in [0, 0.1) is 0 Å². The summed E-state index contributed by atoms with van der Waals surface area (Å²) in [6.45, 7) is 4.80. The molecular weight excluding hydrogens is 356 g/mol. The molecule has 1 aliphatic rings. The van der Waals surface area contributed by atoms with Gasteiger partial charge in [0.25, 0.3) is 0 Å². The number of primary amides is 1. The number of Topliss-reactive ketones (excluding diaryl/α,β-unsaturated/α-hetero) is 1. The molecule has 148 valence electrons. The number of nitrogens with two attached hydrogens (primary N) is 1. The highest BCUT2D eigenvalue weighted by atomic mass is 16.3. The highest BCUT2D eigenvalue weighted by molar-refractivity contribution is 5.99. The minimum atomic E-state index is -0.783. The van der Waals surface area contributed by atoms with Gasteiger partial charge >= 0.3 is 6.03 Å². The fourth-order valence-electron chi connectivity index (χ4n) is 3.42. The largest absolute Gasteiger partial charge is 0.506 e. The zero-order valence-corrected chi connectivity index (χ0v) is 15.8. The van der Waals surface area contributed by atoms with Crippen molar-refractivity contribution in [2.75, 3.05) is 42.9 Å². The van der Waals surface area contributed by atoms with Gasteiger partial charge in [0, 0.05) is 43.9 Å². The first-order chi connectivity index (χ1) is 13.5. The number of aromatic hydroxyl groups is 1. The van der Waals surface area contributed by atoms with Crippen LogP contribution in [-0.4, -0.2) is 54.5 Å². The van der Waals surface area contributed by atoms with E-state index < -0.39 is 6.03 Å². The number of urea groups is 1. The number of phenolic OH excluding ortho intramolecular Hbond substituents is 1. The molecule has 2 amide bonds. The Bertz CT molecular complexity index is 818. The van der Waals surface area contributed by atoms with E-state index in [1.165, 1.54) is 17.8 Å². The van der Waals surface area contributed by atoms with Gasteiger partial charge in [-0.1, -0.05) is 18.2 Å². The van der Waals surface area contributed by atoms with Gasteiger partial charge in [-0.3, -0.25) is 9.69 Å². The molecule has 1 saturated heterocycles. The van der Waals surface area contributed by atoms with Crippen LogP contribution in [-0.2, 0) is 0 Å². The van der Waals surface area contributed by atoms with E-state index in [2.05, 4.69) is 39.4 Å². The van der Waals surface area contributed by atoms with Gasteiger partial charge < -0.3 is 21.1 Å². The molecule has 0 saturated carbocycles. The van der Waals surface area contributed by atoms with Gasteiger partial charge in [0.1, 0.15) is 5.75 Å². The Hall–Kier alpha value is -3.06. The Morgan fingerprint density at radius 2 is 1.75 bits per heavy atom. The number of hydrogen-bond donors (Lipinski definition) is 3. The molecule has 7 heteroatoms. The minimum absolute atomic E-state index is 0.0181. The van der Waals surface area contributed by atoms with Gasteiger partial charge in [-0.05, 0) is 43.3 Å². The van der Waals surface area contributed by atoms with E-state index in [-0.39, 0.29) is 17.2 Å². The number of nitrogens with zero attached hydrogens (tertiary/aromatic N) is 2. The standard InChI is InChI=1S/C21H26N4O3/c22-21(28)23-18-15-16(8-9-20(18)27)19(26)7-4-10-24-11-13-25(14-12-24)17-5-2-1-3-6-17/h1-3,5-6,8-9,15,27H,4,7,10-14H2,(H3,22,23,28). The number of rotatable bonds is 7. The van der Waals surface area contributed by atoms with Gasteiger partial charge in [-0.15, -0.1) is 0 Å². The lowest BCUT2D eigenvalue weighted by molar-refractivity contribution is 0.0974. The van der Waals surface area contributed by atoms with Crippen molar-refractivity contribution in [3.63, 3.8) is 0 Å². The van der Waals surface area contributed by atoms with Gasteiger partial charge in [0.15, 0.2) is 5.78 Å². The SMILES string of the molecule is NC(=O)Nc1cc(C(=O)CCCN2CCN(c3ccccc3)CC2)ccc1O. The summed E-state index contributed by atoms with van der Waals surface area (Å²) in [5.74, 6) is -0.137. The normalized spacial score (nSPS) is 14.6. The molecule has 0 aliphatic carbocycles. The molecule has 0 aromatic heterocycles. The summed E-state index contributed by atoms with van der Waals surface area (Å²) in [4.78, 5) is 28.1. The summed E-state index contributed by atoms with van der Waals surface area (Å²) in [5, 5.41) is 12.0. The molecule has 28 heavy (non-hydrogen) atoms. The number of ketones is 1. The highest BCUT2D eigenvalue weighted by Crippen LogP contribution is 2.25. The number of benzene rings is 2. The molecule has 2 aromatic carbocycles. The number of phenols is 1. The molecule has 1 fully saturated rings. The van der Waals surface area contributed by atoms with Gasteiger partial charge in [-0.2, -0.15) is 0 Å². The zero-order chi connectivity index (χ0) is 19.9. The molecule has 1 aliphatic heterocycles. The molecule has 3 rings (SSSR count). The third-order valence-corrected chi connectivity index (χ3v) is 4.95. The Labute approximate surface area is 164 Å². The van der Waals surface area contributed by atoms with Crippen molar-refractivity contribution in [3.8, 4) is 5.75 Å². The smallest absolute Gasteiger partial charge is 0.316 e. The lowest BCUT2D eigenvalue weighted by Gasteiger charge is -2.36. The fraction of sp³-hybridized carbons (Fsp3) is 0.333. The maximum Gasteiger partial charge on any atom is 0.316 e. The Morgan fingerprint density at radius 3 is 2.43 bits per heavy atom. The van der Waals surface area contributed by atoms with Crippen LogP contribution in [0.2, 0.25) is 0 Å². The van der Waals surface area contributed by atoms with E-state index >= 15 is 0 Å². The van der Waals surface area contributed by atoms with Gasteiger partial charge in [-0.25, -0.2) is 4.79 Å². The van der Waals surface area contributed by atoms with Crippen molar-refractivity contribution < 1.29 is 14.7 Å². The number of anilines is 2. The fourth-order valence-corrected chi connectivity index (χ4v) is 3.42. The number of hydrogen-bond acceptors (Lipinski definition) is 5. The molecule has 7 nitrogen and oxygen atoms in total. The molecule has 4 N–H and O–H groups in total. The summed E-state index contributed by atoms with van der Waals surface area (Å²) in [6, 6.07) is 14.0. The van der Waals surface area contributed by atoms with Crippen molar-refractivity contribution in [3.05, 3.63) is 54.1 Å². The topological polar surface area (TPSA) is 98.9 Å². The molecule has 2 aromatic rings. The van der Waals surface area contributed by atoms with Crippen LogP contribution < -0.4 is 16.0 Å². The molecule has 1 heterocycles. The van der Waals surface area contributed by atoms with E-state index in [0.29, 0.717) is 12.0 Å². The van der Waals surface area contributed by atoms with Crippen LogP contribution in [0.25, 0.3) is 0 Å². The number of carbonyl (C=O) groups excluding carboxylic acids is 2. The van der Waals surface area contributed by atoms with E-state index in [0.717, 1.165) is 39.1 Å². The van der Waals surface area contributed by atoms with E-state index in [4.69, 9.17) is 5.73 Å². The highest BCUT2D eigenvalue weighted by Gasteiger charge is 2.17. The third kappa shape index (κ3) is 5.23. The van der Waals surface area contributed by atoms with E-state index in [9.17, 15) is 14.7 Å². The molecule has 0 unspecified atom stereocenters. The number of para-hydroxylation sites is 1. The van der Waals surface area contributed by atoms with Crippen molar-refractivity contribution in [2.45, 2.75) is 12.8 Å². The molecular formula is C21H26N4O3. The summed E-state index contributed by atoms with van der Waals surface area (Å²) in [7, 11) is 0. The summed E-state index contributed by atoms with van der Waals surface area (Å²) in [6.07, 6.45) is 1.18. The van der Waals surface area contributed by atoms with Gasteiger partial charge in [0.05, 0.1) is 5.69 Å². The molecule has 0 spiro atoms. The average Bonchev–Trinajstić information content (AvgIpc) is 2.70. The number of nitrogens with one attached hydrogen (secondary N) is 1.